The van der Waals surface area contributed by atoms with Crippen LogP contribution in [0, 0.1) is 0 Å². The van der Waals surface area contributed by atoms with Gasteiger partial charge in [0, 0.05) is 20.5 Å². The zero-order valence-corrected chi connectivity index (χ0v) is 7.26. The summed E-state index contributed by atoms with van der Waals surface area (Å²) in [4.78, 5) is 14.3. The fourth-order valence-corrected chi connectivity index (χ4v) is 0.754. The van der Waals surface area contributed by atoms with Crippen LogP contribution in [0.15, 0.2) is 4.99 Å². The third kappa shape index (κ3) is 9.14. The molecular weight excluding hydrogens is 142 g/mol. The molecule has 0 rings (SSSR count). The van der Waals surface area contributed by atoms with E-state index in [9.17, 15) is 4.79 Å². The van der Waals surface area contributed by atoms with E-state index in [2.05, 4.69) is 10.3 Å². The van der Waals surface area contributed by atoms with Crippen molar-refractivity contribution in [1.29, 1.82) is 0 Å². The van der Waals surface area contributed by atoms with Gasteiger partial charge in [-0.1, -0.05) is 0 Å². The number of hydrogen-bond acceptors (Lipinski definition) is 2. The molecule has 0 bridgehead atoms. The Labute approximate surface area is 67.9 Å². The Morgan fingerprint density at radius 1 is 1.55 bits per heavy atom. The predicted octanol–water partition coefficient (Wildman–Crippen LogP) is 0.993. The van der Waals surface area contributed by atoms with Crippen LogP contribution in [0.2, 0.25) is 0 Å². The molecule has 0 aromatic heterocycles. The molecule has 3 heteroatoms. The van der Waals surface area contributed by atoms with Crippen LogP contribution in [0.3, 0.4) is 0 Å². The molecule has 1 N–H and O–H groups in total. The molecular formula is C8H16N2O. The molecule has 0 atom stereocenters. The normalized spacial score (nSPS) is 10.4. The van der Waals surface area contributed by atoms with Crippen molar-refractivity contribution in [2.75, 3.05) is 13.6 Å². The van der Waals surface area contributed by atoms with Gasteiger partial charge in [0.25, 0.3) is 0 Å². The number of nitrogens with one attached hydrogen (secondary N) is 1. The Morgan fingerprint density at radius 3 is 2.82 bits per heavy atom. The first kappa shape index (κ1) is 10.1. The predicted molar refractivity (Wildman–Crippen MR) is 47.0 cm³/mol. The molecule has 0 unspecified atom stereocenters. The van der Waals surface area contributed by atoms with E-state index >= 15 is 0 Å². The number of rotatable bonds is 5. The summed E-state index contributed by atoms with van der Waals surface area (Å²) in [5.41, 5.74) is 0. The van der Waals surface area contributed by atoms with Crippen LogP contribution in [0.4, 0.5) is 0 Å². The minimum Gasteiger partial charge on any atom is -0.356 e. The highest BCUT2D eigenvalue weighted by Crippen LogP contribution is 1.90. The first-order chi connectivity index (χ1) is 5.27. The second kappa shape index (κ2) is 7.25. The smallest absolute Gasteiger partial charge is 0.216 e. The Kier molecular flexibility index (Phi) is 6.68. The van der Waals surface area contributed by atoms with Gasteiger partial charge in [-0.15, -0.1) is 0 Å². The van der Waals surface area contributed by atoms with E-state index in [1.165, 1.54) is 6.92 Å². The third-order valence-electron chi connectivity index (χ3n) is 1.32. The van der Waals surface area contributed by atoms with E-state index in [0.717, 1.165) is 25.8 Å². The first-order valence-electron chi connectivity index (χ1n) is 3.92. The number of hydrogen-bond donors (Lipinski definition) is 1. The van der Waals surface area contributed by atoms with Crippen molar-refractivity contribution in [3.8, 4) is 0 Å². The highest BCUT2D eigenvalue weighted by Gasteiger charge is 1.89. The lowest BCUT2D eigenvalue weighted by molar-refractivity contribution is -0.118. The number of carbonyl (C=O) groups excluding carboxylic acids is 1. The topological polar surface area (TPSA) is 41.5 Å². The van der Waals surface area contributed by atoms with Crippen molar-refractivity contribution < 1.29 is 4.79 Å². The van der Waals surface area contributed by atoms with Crippen LogP contribution in [-0.4, -0.2) is 25.7 Å². The Morgan fingerprint density at radius 2 is 2.27 bits per heavy atom. The monoisotopic (exact) mass is 158 g/mol. The SMILES string of the molecule is CC(=O)[15NH]CCCC/C=N\[13CH3]. The van der Waals surface area contributed by atoms with Crippen LogP contribution in [0.25, 0.3) is 0 Å². The average Bonchev–Trinajstić information content (AvgIpc) is 1.96. The number of carbonyl (C=O) groups is 1. The molecule has 1 amide bonds. The fourth-order valence-electron chi connectivity index (χ4n) is 0.754. The van der Waals surface area contributed by atoms with E-state index < -0.39 is 0 Å². The summed E-state index contributed by atoms with van der Waals surface area (Å²) in [5, 5.41) is 2.74. The summed E-state index contributed by atoms with van der Waals surface area (Å²) in [6.07, 6.45) is 5.03. The molecule has 0 aliphatic rings. The molecule has 64 valence electrons. The van der Waals surface area contributed by atoms with Gasteiger partial charge in [-0.05, 0) is 25.5 Å². The van der Waals surface area contributed by atoms with Crippen molar-refractivity contribution in [3.05, 3.63) is 0 Å². The van der Waals surface area contributed by atoms with Crippen LogP contribution >= 0.6 is 0 Å². The maximum atomic E-state index is 10.4. The summed E-state index contributed by atoms with van der Waals surface area (Å²) in [6.45, 7) is 2.32. The molecule has 0 fully saturated rings. The quantitative estimate of drug-likeness (QED) is 0.276. The second-order valence-corrected chi connectivity index (χ2v) is 2.42. The molecule has 0 aromatic carbocycles. The van der Waals surface area contributed by atoms with Crippen molar-refractivity contribution in [2.45, 2.75) is 26.2 Å². The Balaban J connectivity index is 2.96. The van der Waals surface area contributed by atoms with Crippen molar-refractivity contribution in [1.82, 2.24) is 5.32 Å². The van der Waals surface area contributed by atoms with Crippen molar-refractivity contribution in [3.63, 3.8) is 0 Å². The number of nitrogens with zero attached hydrogens (tertiary/aromatic N) is 1. The summed E-state index contributed by atoms with van der Waals surface area (Å²) in [6, 6.07) is 0. The van der Waals surface area contributed by atoms with E-state index in [-0.39, 0.29) is 5.91 Å². The largest absolute Gasteiger partial charge is 0.356 e. The fraction of sp³-hybridized carbons (Fsp3) is 0.750. The van der Waals surface area contributed by atoms with Crippen molar-refractivity contribution >= 4 is 12.1 Å². The zero-order chi connectivity index (χ0) is 8.53. The summed E-state index contributed by atoms with van der Waals surface area (Å²) in [7, 11) is 1.77. The van der Waals surface area contributed by atoms with Gasteiger partial charge in [0.2, 0.25) is 5.91 Å². The van der Waals surface area contributed by atoms with Gasteiger partial charge in [0.1, 0.15) is 0 Å². The molecule has 0 aromatic rings. The molecule has 0 saturated heterocycles. The summed E-state index contributed by atoms with van der Waals surface area (Å²) in [5.74, 6) is 0.0501. The molecule has 0 aliphatic heterocycles. The van der Waals surface area contributed by atoms with Crippen LogP contribution < -0.4 is 5.32 Å². The number of unbranched alkanes of at least 4 members (excludes halogenated alkanes) is 2. The highest BCUT2D eigenvalue weighted by molar-refractivity contribution is 5.72. The van der Waals surface area contributed by atoms with Gasteiger partial charge in [-0.2, -0.15) is 0 Å². The third-order valence-corrected chi connectivity index (χ3v) is 1.32. The lowest BCUT2D eigenvalue weighted by Crippen LogP contribution is -2.20. The lowest BCUT2D eigenvalue weighted by atomic mass is 10.2. The maximum Gasteiger partial charge on any atom is 0.216 e. The highest BCUT2D eigenvalue weighted by atomic mass is 16.2. The molecule has 0 saturated carbocycles. The van der Waals surface area contributed by atoms with E-state index in [1.54, 1.807) is 7.05 Å². The van der Waals surface area contributed by atoms with Gasteiger partial charge < -0.3 is 10.3 Å². The van der Waals surface area contributed by atoms with Crippen molar-refractivity contribution in [2.24, 2.45) is 4.99 Å². The van der Waals surface area contributed by atoms with Gasteiger partial charge in [-0.3, -0.25) is 4.79 Å². The molecule has 3 nitrogen and oxygen atoms in total. The second-order valence-electron chi connectivity index (χ2n) is 2.42. The minimum atomic E-state index is 0.0501. The zero-order valence-electron chi connectivity index (χ0n) is 7.26. The minimum absolute atomic E-state index is 0.0501. The van der Waals surface area contributed by atoms with Crippen LogP contribution in [-0.2, 0) is 4.79 Å². The summed E-state index contributed by atoms with van der Waals surface area (Å²) < 4.78 is 0. The van der Waals surface area contributed by atoms with Gasteiger partial charge in [0.15, 0.2) is 0 Å². The Hall–Kier alpha value is -0.860. The van der Waals surface area contributed by atoms with Gasteiger partial charge in [0.05, 0.1) is 0 Å². The number of amides is 1. The summed E-state index contributed by atoms with van der Waals surface area (Å²) >= 11 is 0. The van der Waals surface area contributed by atoms with E-state index in [1.807, 2.05) is 6.21 Å². The van der Waals surface area contributed by atoms with E-state index in [4.69, 9.17) is 0 Å². The average molecular weight is 158 g/mol. The standard InChI is InChI=1S/C8H16N2O/c1-8(11)10-7-5-3-4-6-9-2/h6H,3-5,7H2,1-2H3,(H,10,11)/b9-6-/i2+1,10+1. The number of aliphatic imine (C=N–C) groups is 1. The molecule has 0 heterocycles. The molecule has 0 radical (unpaired) electrons. The Bertz CT molecular complexity index is 132. The van der Waals surface area contributed by atoms with Crippen LogP contribution in [0.5, 0.6) is 0 Å². The molecule has 11 heavy (non-hydrogen) atoms. The van der Waals surface area contributed by atoms with E-state index in [0.29, 0.717) is 0 Å². The van der Waals surface area contributed by atoms with Gasteiger partial charge >= 0.3 is 0 Å². The lowest BCUT2D eigenvalue weighted by Gasteiger charge is -1.98. The van der Waals surface area contributed by atoms with Crippen LogP contribution in [0.1, 0.15) is 26.2 Å². The first-order valence-corrected chi connectivity index (χ1v) is 3.92. The maximum absolute atomic E-state index is 10.4. The van der Waals surface area contributed by atoms with Gasteiger partial charge in [-0.25, -0.2) is 0 Å². The molecule has 0 spiro atoms. The molecule has 0 aliphatic carbocycles.